The molecule has 0 aliphatic heterocycles. The van der Waals surface area contributed by atoms with Crippen LogP contribution in [0.3, 0.4) is 0 Å². The molecular formula is C19H19N3OS. The predicted octanol–water partition coefficient (Wildman–Crippen LogP) is 4.73. The van der Waals surface area contributed by atoms with Gasteiger partial charge in [0.05, 0.1) is 5.92 Å². The van der Waals surface area contributed by atoms with Gasteiger partial charge in [0.25, 0.3) is 0 Å². The number of hydrogen-bond acceptors (Lipinski definition) is 4. The van der Waals surface area contributed by atoms with Crippen LogP contribution < -0.4 is 5.32 Å². The summed E-state index contributed by atoms with van der Waals surface area (Å²) in [6, 6.07) is 19.7. The molecular weight excluding hydrogens is 318 g/mol. The third-order valence-electron chi connectivity index (χ3n) is 3.77. The largest absolute Gasteiger partial charge is 0.300 e. The van der Waals surface area contributed by atoms with Gasteiger partial charge in [-0.05, 0) is 12.0 Å². The minimum atomic E-state index is -0.166. The average molecular weight is 337 g/mol. The van der Waals surface area contributed by atoms with Crippen LogP contribution in [-0.2, 0) is 4.79 Å². The van der Waals surface area contributed by atoms with Crippen LogP contribution in [-0.4, -0.2) is 16.1 Å². The van der Waals surface area contributed by atoms with Gasteiger partial charge in [0.15, 0.2) is 0 Å². The predicted molar refractivity (Wildman–Crippen MR) is 98.1 cm³/mol. The molecule has 0 saturated heterocycles. The van der Waals surface area contributed by atoms with Crippen LogP contribution in [0.2, 0.25) is 0 Å². The van der Waals surface area contributed by atoms with Crippen molar-refractivity contribution >= 4 is 22.4 Å². The smallest absolute Gasteiger partial charge is 0.233 e. The lowest BCUT2D eigenvalue weighted by Crippen LogP contribution is -2.21. The van der Waals surface area contributed by atoms with Crippen LogP contribution in [0.15, 0.2) is 60.7 Å². The van der Waals surface area contributed by atoms with Crippen molar-refractivity contribution in [1.29, 1.82) is 0 Å². The van der Waals surface area contributed by atoms with E-state index in [2.05, 4.69) is 22.4 Å². The summed E-state index contributed by atoms with van der Waals surface area (Å²) >= 11 is 1.39. The van der Waals surface area contributed by atoms with Gasteiger partial charge in [0, 0.05) is 5.56 Å². The molecule has 3 aromatic rings. The van der Waals surface area contributed by atoms with Crippen LogP contribution in [0.5, 0.6) is 0 Å². The molecule has 0 aliphatic rings. The highest BCUT2D eigenvalue weighted by Gasteiger charge is 2.21. The van der Waals surface area contributed by atoms with Gasteiger partial charge in [-0.1, -0.05) is 85.3 Å². The molecule has 1 aromatic heterocycles. The summed E-state index contributed by atoms with van der Waals surface area (Å²) in [5, 5.41) is 12.5. The molecule has 1 atom stereocenters. The molecule has 1 N–H and O–H groups in total. The summed E-state index contributed by atoms with van der Waals surface area (Å²) in [7, 11) is 0. The monoisotopic (exact) mass is 337 g/mol. The van der Waals surface area contributed by atoms with E-state index in [1.165, 1.54) is 11.3 Å². The maximum atomic E-state index is 12.7. The molecule has 0 spiro atoms. The lowest BCUT2D eigenvalue weighted by molar-refractivity contribution is -0.117. The van der Waals surface area contributed by atoms with Gasteiger partial charge >= 0.3 is 0 Å². The zero-order valence-electron chi connectivity index (χ0n) is 13.5. The Morgan fingerprint density at radius 3 is 2.38 bits per heavy atom. The number of anilines is 1. The summed E-state index contributed by atoms with van der Waals surface area (Å²) in [5.41, 5.74) is 2.04. The van der Waals surface area contributed by atoms with Crippen LogP contribution in [0.25, 0.3) is 10.6 Å². The number of nitrogens with one attached hydrogen (secondary N) is 1. The number of benzene rings is 2. The van der Waals surface area contributed by atoms with Crippen LogP contribution >= 0.6 is 11.3 Å². The van der Waals surface area contributed by atoms with Crippen molar-refractivity contribution in [3.8, 4) is 10.6 Å². The first kappa shape index (κ1) is 16.3. The third-order valence-corrected chi connectivity index (χ3v) is 4.66. The Morgan fingerprint density at radius 2 is 1.71 bits per heavy atom. The zero-order chi connectivity index (χ0) is 16.8. The lowest BCUT2D eigenvalue weighted by atomic mass is 9.94. The molecule has 0 saturated carbocycles. The zero-order valence-corrected chi connectivity index (χ0v) is 14.3. The Morgan fingerprint density at radius 1 is 1.04 bits per heavy atom. The first-order valence-electron chi connectivity index (χ1n) is 8.02. The quantitative estimate of drug-likeness (QED) is 0.707. The number of carbonyl (C=O) groups excluding carboxylic acids is 1. The fraction of sp³-hybridized carbons (Fsp3) is 0.211. The molecule has 5 heteroatoms. The highest BCUT2D eigenvalue weighted by molar-refractivity contribution is 7.18. The highest BCUT2D eigenvalue weighted by atomic mass is 32.1. The molecule has 3 rings (SSSR count). The van der Waals surface area contributed by atoms with E-state index in [1.54, 1.807) is 0 Å². The normalized spacial score (nSPS) is 11.9. The first-order valence-corrected chi connectivity index (χ1v) is 8.84. The number of hydrogen-bond donors (Lipinski definition) is 1. The number of amides is 1. The molecule has 1 heterocycles. The van der Waals surface area contributed by atoms with E-state index in [4.69, 9.17) is 0 Å². The molecule has 24 heavy (non-hydrogen) atoms. The molecule has 122 valence electrons. The van der Waals surface area contributed by atoms with E-state index in [1.807, 2.05) is 60.7 Å². The van der Waals surface area contributed by atoms with Gasteiger partial charge in [-0.2, -0.15) is 0 Å². The topological polar surface area (TPSA) is 54.9 Å². The van der Waals surface area contributed by atoms with E-state index in [-0.39, 0.29) is 11.8 Å². The highest BCUT2D eigenvalue weighted by Crippen LogP contribution is 2.28. The Bertz CT molecular complexity index is 787. The number of rotatable bonds is 6. The molecule has 1 unspecified atom stereocenters. The number of aromatic nitrogens is 2. The molecule has 0 bridgehead atoms. The Kier molecular flexibility index (Phi) is 5.33. The van der Waals surface area contributed by atoms with Crippen molar-refractivity contribution in [3.05, 3.63) is 66.2 Å². The SMILES string of the molecule is CCCC(C(=O)Nc1nnc(-c2ccccc2)s1)c1ccccc1. The second-order valence-corrected chi connectivity index (χ2v) is 6.50. The fourth-order valence-corrected chi connectivity index (χ4v) is 3.34. The van der Waals surface area contributed by atoms with E-state index < -0.39 is 0 Å². The summed E-state index contributed by atoms with van der Waals surface area (Å²) in [6.07, 6.45) is 1.75. The minimum Gasteiger partial charge on any atom is -0.300 e. The Balaban J connectivity index is 1.75. The van der Waals surface area contributed by atoms with Crippen LogP contribution in [0, 0.1) is 0 Å². The lowest BCUT2D eigenvalue weighted by Gasteiger charge is -2.15. The van der Waals surface area contributed by atoms with Crippen molar-refractivity contribution in [2.24, 2.45) is 0 Å². The first-order chi connectivity index (χ1) is 11.8. The summed E-state index contributed by atoms with van der Waals surface area (Å²) in [6.45, 7) is 2.08. The third kappa shape index (κ3) is 3.86. The van der Waals surface area contributed by atoms with Crippen molar-refractivity contribution in [2.75, 3.05) is 5.32 Å². The van der Waals surface area contributed by atoms with E-state index >= 15 is 0 Å². The molecule has 0 fully saturated rings. The number of carbonyl (C=O) groups is 1. The van der Waals surface area contributed by atoms with E-state index in [0.717, 1.165) is 29.0 Å². The van der Waals surface area contributed by atoms with Crippen molar-refractivity contribution in [1.82, 2.24) is 10.2 Å². The van der Waals surface area contributed by atoms with Crippen LogP contribution in [0.4, 0.5) is 5.13 Å². The van der Waals surface area contributed by atoms with E-state index in [0.29, 0.717) is 5.13 Å². The van der Waals surface area contributed by atoms with Crippen molar-refractivity contribution in [2.45, 2.75) is 25.7 Å². The second kappa shape index (κ2) is 7.84. The molecule has 4 nitrogen and oxygen atoms in total. The van der Waals surface area contributed by atoms with E-state index in [9.17, 15) is 4.79 Å². The average Bonchev–Trinajstić information content (AvgIpc) is 3.09. The maximum absolute atomic E-state index is 12.7. The fourth-order valence-electron chi connectivity index (χ4n) is 2.59. The van der Waals surface area contributed by atoms with Gasteiger partial charge < -0.3 is 0 Å². The molecule has 0 aliphatic carbocycles. The maximum Gasteiger partial charge on any atom is 0.233 e. The second-order valence-electron chi connectivity index (χ2n) is 5.52. The molecule has 2 aromatic carbocycles. The van der Waals surface area contributed by atoms with Gasteiger partial charge in [-0.3, -0.25) is 10.1 Å². The van der Waals surface area contributed by atoms with Crippen molar-refractivity contribution in [3.63, 3.8) is 0 Å². The Labute approximate surface area is 145 Å². The molecule has 0 radical (unpaired) electrons. The summed E-state index contributed by atoms with van der Waals surface area (Å²) < 4.78 is 0. The Hall–Kier alpha value is -2.53. The summed E-state index contributed by atoms with van der Waals surface area (Å²) in [4.78, 5) is 12.7. The number of nitrogens with zero attached hydrogens (tertiary/aromatic N) is 2. The van der Waals surface area contributed by atoms with Gasteiger partial charge in [-0.15, -0.1) is 10.2 Å². The summed E-state index contributed by atoms with van der Waals surface area (Å²) in [5.74, 6) is -0.195. The van der Waals surface area contributed by atoms with Crippen molar-refractivity contribution < 1.29 is 4.79 Å². The van der Waals surface area contributed by atoms with Crippen LogP contribution in [0.1, 0.15) is 31.2 Å². The molecule has 1 amide bonds. The van der Waals surface area contributed by atoms with Gasteiger partial charge in [0.2, 0.25) is 11.0 Å². The minimum absolute atomic E-state index is 0.0289. The standard InChI is InChI=1S/C19H19N3OS/c1-2-9-16(14-10-5-3-6-11-14)17(23)20-19-22-21-18(24-19)15-12-7-4-8-13-15/h3-8,10-13,16H,2,9H2,1H3,(H,20,22,23). The van der Waals surface area contributed by atoms with Gasteiger partial charge in [-0.25, -0.2) is 0 Å². The van der Waals surface area contributed by atoms with Gasteiger partial charge in [0.1, 0.15) is 5.01 Å².